The van der Waals surface area contributed by atoms with Crippen LogP contribution in [0.5, 0.6) is 0 Å². The molecular formula is C17H16N2O4S. The van der Waals surface area contributed by atoms with E-state index in [0.717, 1.165) is 0 Å². The molecule has 1 unspecified atom stereocenters. The summed E-state index contributed by atoms with van der Waals surface area (Å²) in [5.74, 6) is -1.58. The van der Waals surface area contributed by atoms with E-state index in [0.29, 0.717) is 5.69 Å². The molecule has 1 aromatic heterocycles. The number of nitrogens with zero attached hydrogens (tertiary/aromatic N) is 2. The lowest BCUT2D eigenvalue weighted by atomic mass is 9.95. The molecule has 0 radical (unpaired) electrons. The van der Waals surface area contributed by atoms with Gasteiger partial charge in [0.05, 0.1) is 29.0 Å². The van der Waals surface area contributed by atoms with Crippen molar-refractivity contribution < 1.29 is 17.9 Å². The minimum Gasteiger partial charge on any atom is -0.384 e. The zero-order chi connectivity index (χ0) is 17.6. The normalized spacial score (nSPS) is 12.3. The third-order valence-corrected chi connectivity index (χ3v) is 5.12. The maximum Gasteiger partial charge on any atom is 0.186 e. The van der Waals surface area contributed by atoms with Crippen molar-refractivity contribution in [3.05, 3.63) is 59.9 Å². The molecule has 7 heteroatoms. The SMILES string of the molecule is COCCS(=O)(=O)c1ccc(C(=O)C(C#N)c2ccccn2)cc1. The lowest BCUT2D eigenvalue weighted by Gasteiger charge is -2.09. The molecule has 2 aromatic rings. The van der Waals surface area contributed by atoms with Crippen LogP contribution in [0, 0.1) is 11.3 Å². The maximum atomic E-state index is 12.5. The number of ether oxygens (including phenoxy) is 1. The quantitative estimate of drug-likeness (QED) is 0.713. The van der Waals surface area contributed by atoms with E-state index in [2.05, 4.69) is 4.98 Å². The molecule has 0 aliphatic carbocycles. The van der Waals surface area contributed by atoms with Gasteiger partial charge in [-0.1, -0.05) is 18.2 Å². The van der Waals surface area contributed by atoms with Crippen LogP contribution in [0.3, 0.4) is 0 Å². The van der Waals surface area contributed by atoms with Gasteiger partial charge in [0.2, 0.25) is 0 Å². The Labute approximate surface area is 140 Å². The predicted octanol–water partition coefficient (Wildman–Crippen LogP) is 1.99. The Morgan fingerprint density at radius 1 is 1.25 bits per heavy atom. The molecular weight excluding hydrogens is 328 g/mol. The maximum absolute atomic E-state index is 12.5. The van der Waals surface area contributed by atoms with Gasteiger partial charge >= 0.3 is 0 Å². The van der Waals surface area contributed by atoms with Crippen molar-refractivity contribution in [2.45, 2.75) is 10.8 Å². The molecule has 2 rings (SSSR count). The van der Waals surface area contributed by atoms with Crippen LogP contribution in [0.4, 0.5) is 0 Å². The summed E-state index contributed by atoms with van der Waals surface area (Å²) in [6, 6.07) is 12.5. The van der Waals surface area contributed by atoms with Crippen LogP contribution in [0.25, 0.3) is 0 Å². The summed E-state index contributed by atoms with van der Waals surface area (Å²) in [6.07, 6.45) is 1.51. The Kier molecular flexibility index (Phi) is 5.79. The Morgan fingerprint density at radius 2 is 1.96 bits per heavy atom. The first-order chi connectivity index (χ1) is 11.5. The van der Waals surface area contributed by atoms with E-state index < -0.39 is 21.5 Å². The van der Waals surface area contributed by atoms with E-state index in [4.69, 9.17) is 4.74 Å². The Hall–Kier alpha value is -2.56. The number of hydrogen-bond acceptors (Lipinski definition) is 6. The van der Waals surface area contributed by atoms with Gasteiger partial charge in [0.15, 0.2) is 21.5 Å². The van der Waals surface area contributed by atoms with Crippen molar-refractivity contribution in [1.29, 1.82) is 5.26 Å². The van der Waals surface area contributed by atoms with Crippen LogP contribution in [-0.2, 0) is 14.6 Å². The van der Waals surface area contributed by atoms with Crippen molar-refractivity contribution in [3.63, 3.8) is 0 Å². The second kappa shape index (κ2) is 7.81. The largest absolute Gasteiger partial charge is 0.384 e. The lowest BCUT2D eigenvalue weighted by Crippen LogP contribution is -2.14. The fourth-order valence-electron chi connectivity index (χ4n) is 2.11. The van der Waals surface area contributed by atoms with Crippen LogP contribution >= 0.6 is 0 Å². The second-order valence-electron chi connectivity index (χ2n) is 5.02. The van der Waals surface area contributed by atoms with Gasteiger partial charge in [-0.05, 0) is 24.3 Å². The van der Waals surface area contributed by atoms with Crippen LogP contribution in [0.1, 0.15) is 22.0 Å². The summed E-state index contributed by atoms with van der Waals surface area (Å²) < 4.78 is 28.9. The molecule has 1 heterocycles. The molecule has 1 aromatic carbocycles. The Bertz CT molecular complexity index is 840. The summed E-state index contributed by atoms with van der Waals surface area (Å²) in [7, 11) is -2.03. The number of hydrogen-bond donors (Lipinski definition) is 0. The number of aromatic nitrogens is 1. The third-order valence-electron chi connectivity index (χ3n) is 3.43. The molecule has 0 N–H and O–H groups in total. The van der Waals surface area contributed by atoms with E-state index in [9.17, 15) is 18.5 Å². The van der Waals surface area contributed by atoms with Gasteiger partial charge in [0.25, 0.3) is 0 Å². The fourth-order valence-corrected chi connectivity index (χ4v) is 3.28. The Balaban J connectivity index is 2.24. The standard InChI is InChI=1S/C17H16N2O4S/c1-23-10-11-24(21,22)14-7-5-13(6-8-14)17(20)15(12-18)16-4-2-3-9-19-16/h2-9,15H,10-11H2,1H3. The molecule has 0 saturated heterocycles. The zero-order valence-corrected chi connectivity index (χ0v) is 13.9. The molecule has 24 heavy (non-hydrogen) atoms. The highest BCUT2D eigenvalue weighted by atomic mass is 32.2. The summed E-state index contributed by atoms with van der Waals surface area (Å²) in [4.78, 5) is 16.6. The van der Waals surface area contributed by atoms with Crippen LogP contribution in [0.2, 0.25) is 0 Å². The molecule has 0 saturated carbocycles. The molecule has 1 atom stereocenters. The average molecular weight is 344 g/mol. The lowest BCUT2D eigenvalue weighted by molar-refractivity contribution is 0.0977. The van der Waals surface area contributed by atoms with Gasteiger partial charge in [-0.25, -0.2) is 8.42 Å². The van der Waals surface area contributed by atoms with Gasteiger partial charge in [-0.3, -0.25) is 9.78 Å². The van der Waals surface area contributed by atoms with E-state index >= 15 is 0 Å². The number of carbonyl (C=O) groups excluding carboxylic acids is 1. The number of methoxy groups -OCH3 is 1. The van der Waals surface area contributed by atoms with Crippen molar-refractivity contribution in [3.8, 4) is 6.07 Å². The van der Waals surface area contributed by atoms with E-state index in [1.54, 1.807) is 18.2 Å². The fraction of sp³-hybridized carbons (Fsp3) is 0.235. The van der Waals surface area contributed by atoms with Crippen molar-refractivity contribution in [2.75, 3.05) is 19.5 Å². The first kappa shape index (κ1) is 17.8. The number of rotatable bonds is 7. The number of benzene rings is 1. The summed E-state index contributed by atoms with van der Waals surface area (Å²) >= 11 is 0. The highest BCUT2D eigenvalue weighted by molar-refractivity contribution is 7.91. The smallest absolute Gasteiger partial charge is 0.186 e. The van der Waals surface area contributed by atoms with Crippen molar-refractivity contribution in [2.24, 2.45) is 0 Å². The molecule has 0 bridgehead atoms. The van der Waals surface area contributed by atoms with Gasteiger partial charge in [0, 0.05) is 18.9 Å². The van der Waals surface area contributed by atoms with E-state index in [1.807, 2.05) is 6.07 Å². The first-order valence-corrected chi connectivity index (χ1v) is 8.81. The molecule has 0 aliphatic heterocycles. The van der Waals surface area contributed by atoms with Gasteiger partial charge in [-0.2, -0.15) is 5.26 Å². The Morgan fingerprint density at radius 3 is 2.50 bits per heavy atom. The zero-order valence-electron chi connectivity index (χ0n) is 13.0. The van der Waals surface area contributed by atoms with E-state index in [-0.39, 0.29) is 22.8 Å². The molecule has 0 aliphatic rings. The summed E-state index contributed by atoms with van der Waals surface area (Å²) in [5.41, 5.74) is 0.625. The summed E-state index contributed by atoms with van der Waals surface area (Å²) in [5, 5.41) is 9.27. The first-order valence-electron chi connectivity index (χ1n) is 7.16. The molecule has 124 valence electrons. The number of ketones is 1. The highest BCUT2D eigenvalue weighted by Gasteiger charge is 2.23. The predicted molar refractivity (Wildman–Crippen MR) is 87.3 cm³/mol. The molecule has 6 nitrogen and oxygen atoms in total. The van der Waals surface area contributed by atoms with Gasteiger partial charge in [-0.15, -0.1) is 0 Å². The summed E-state index contributed by atoms with van der Waals surface area (Å²) in [6.45, 7) is 0.0964. The van der Waals surface area contributed by atoms with Crippen molar-refractivity contribution in [1.82, 2.24) is 4.98 Å². The minimum absolute atomic E-state index is 0.0964. The van der Waals surface area contributed by atoms with Gasteiger partial charge < -0.3 is 4.74 Å². The van der Waals surface area contributed by atoms with E-state index in [1.165, 1.54) is 37.6 Å². The third kappa shape index (κ3) is 4.04. The number of carbonyl (C=O) groups is 1. The number of sulfone groups is 1. The van der Waals surface area contributed by atoms with Gasteiger partial charge in [0.1, 0.15) is 0 Å². The number of nitriles is 1. The number of pyridine rings is 1. The number of Topliss-reactive ketones (excluding diaryl/α,β-unsaturated/α-hetero) is 1. The second-order valence-corrected chi connectivity index (χ2v) is 7.13. The van der Waals surface area contributed by atoms with Crippen LogP contribution < -0.4 is 0 Å². The van der Waals surface area contributed by atoms with Crippen LogP contribution in [-0.4, -0.2) is 38.7 Å². The molecule has 0 amide bonds. The minimum atomic E-state index is -3.46. The van der Waals surface area contributed by atoms with Crippen molar-refractivity contribution >= 4 is 15.6 Å². The monoisotopic (exact) mass is 344 g/mol. The highest BCUT2D eigenvalue weighted by Crippen LogP contribution is 2.20. The molecule has 0 fully saturated rings. The topological polar surface area (TPSA) is 97.1 Å². The van der Waals surface area contributed by atoms with Crippen LogP contribution in [0.15, 0.2) is 53.6 Å². The molecule has 0 spiro atoms. The average Bonchev–Trinajstić information content (AvgIpc) is 2.61.